The van der Waals surface area contributed by atoms with Gasteiger partial charge in [0.15, 0.2) is 17.5 Å². The first kappa shape index (κ1) is 31.9. The lowest BCUT2D eigenvalue weighted by atomic mass is 10.0. The number of nitrogens with zero attached hydrogens (tertiary/aromatic N) is 4. The van der Waals surface area contributed by atoms with E-state index < -0.39 is 0 Å². The van der Waals surface area contributed by atoms with E-state index in [1.165, 1.54) is 36.7 Å². The summed E-state index contributed by atoms with van der Waals surface area (Å²) in [6, 6.07) is 63.8. The van der Waals surface area contributed by atoms with Crippen molar-refractivity contribution in [1.82, 2.24) is 19.5 Å². The Morgan fingerprint density at radius 2 is 1.07 bits per heavy atom. The van der Waals surface area contributed by atoms with Crippen molar-refractivity contribution in [3.8, 4) is 51.0 Å². The molecule has 0 saturated carbocycles. The van der Waals surface area contributed by atoms with E-state index in [0.717, 1.165) is 60.7 Å². The van der Waals surface area contributed by atoms with Crippen LogP contribution >= 0.6 is 11.3 Å². The first-order chi connectivity index (χ1) is 28.2. The van der Waals surface area contributed by atoms with Gasteiger partial charge in [-0.05, 0) is 53.6 Å². The zero-order valence-corrected chi connectivity index (χ0v) is 31.2. The van der Waals surface area contributed by atoms with Gasteiger partial charge in [-0.25, -0.2) is 15.0 Å². The van der Waals surface area contributed by atoms with Gasteiger partial charge in [-0.15, -0.1) is 11.3 Å². The minimum Gasteiger partial charge on any atom is -0.456 e. The van der Waals surface area contributed by atoms with Crippen molar-refractivity contribution >= 4 is 75.3 Å². The normalized spacial score (nSPS) is 11.9. The third-order valence-corrected chi connectivity index (χ3v) is 12.2. The van der Waals surface area contributed by atoms with Crippen LogP contribution in [0.2, 0.25) is 0 Å². The molecule has 0 aliphatic carbocycles. The third-order valence-electron chi connectivity index (χ3n) is 11.0. The highest BCUT2D eigenvalue weighted by Crippen LogP contribution is 2.42. The van der Waals surface area contributed by atoms with Crippen LogP contribution in [0.25, 0.3) is 115 Å². The van der Waals surface area contributed by atoms with Crippen LogP contribution in [-0.2, 0) is 0 Å². The van der Waals surface area contributed by atoms with E-state index in [9.17, 15) is 0 Å². The van der Waals surface area contributed by atoms with Crippen LogP contribution in [0.4, 0.5) is 0 Å². The van der Waals surface area contributed by atoms with E-state index in [0.29, 0.717) is 17.5 Å². The average Bonchev–Trinajstić information content (AvgIpc) is 3.95. The summed E-state index contributed by atoms with van der Waals surface area (Å²) < 4.78 is 11.5. The molecule has 12 rings (SSSR count). The molecule has 0 radical (unpaired) electrons. The molecular weight excluding hydrogens is 717 g/mol. The number of hydrogen-bond donors (Lipinski definition) is 0. The van der Waals surface area contributed by atoms with E-state index in [-0.39, 0.29) is 0 Å². The molecule has 0 amide bonds. The van der Waals surface area contributed by atoms with Crippen molar-refractivity contribution in [2.45, 2.75) is 0 Å². The summed E-state index contributed by atoms with van der Waals surface area (Å²) in [6.07, 6.45) is 0. The van der Waals surface area contributed by atoms with Gasteiger partial charge in [0.05, 0.1) is 11.0 Å². The van der Waals surface area contributed by atoms with Crippen LogP contribution in [0.3, 0.4) is 0 Å². The van der Waals surface area contributed by atoms with E-state index in [2.05, 4.69) is 144 Å². The molecule has 8 aromatic carbocycles. The fraction of sp³-hybridized carbons (Fsp3) is 0. The number of furan rings is 1. The van der Waals surface area contributed by atoms with Gasteiger partial charge in [-0.3, -0.25) is 0 Å². The zero-order valence-electron chi connectivity index (χ0n) is 30.4. The molecule has 0 unspecified atom stereocenters. The average molecular weight is 747 g/mol. The molecule has 0 aliphatic heterocycles. The summed E-state index contributed by atoms with van der Waals surface area (Å²) in [5, 5.41) is 6.83. The summed E-state index contributed by atoms with van der Waals surface area (Å²) in [5.74, 6) is 1.86. The number of hydrogen-bond acceptors (Lipinski definition) is 5. The molecule has 0 fully saturated rings. The Morgan fingerprint density at radius 3 is 1.93 bits per heavy atom. The molecule has 6 heteroatoms. The largest absolute Gasteiger partial charge is 0.456 e. The molecular formula is C51H30N4OS. The van der Waals surface area contributed by atoms with Crippen LogP contribution in [0.15, 0.2) is 186 Å². The molecule has 0 atom stereocenters. The van der Waals surface area contributed by atoms with Gasteiger partial charge in [0.25, 0.3) is 0 Å². The smallest absolute Gasteiger partial charge is 0.164 e. The van der Waals surface area contributed by atoms with Crippen molar-refractivity contribution in [1.29, 1.82) is 0 Å². The first-order valence-electron chi connectivity index (χ1n) is 19.0. The summed E-state index contributed by atoms with van der Waals surface area (Å²) in [6.45, 7) is 0. The SMILES string of the molecule is c1ccc(-c2cccc(-n3c4ccccc4c4cc5c(cc43)oc3cccc(-c4nc(-c6ccccc6)nc(-c6ccc7c(c6)sc6ccccc67)n4)c35)c2)cc1. The second kappa shape index (κ2) is 12.6. The minimum absolute atomic E-state index is 0.601. The Kier molecular flexibility index (Phi) is 7.03. The molecule has 266 valence electrons. The van der Waals surface area contributed by atoms with Crippen molar-refractivity contribution < 1.29 is 4.42 Å². The third kappa shape index (κ3) is 5.12. The van der Waals surface area contributed by atoms with Crippen molar-refractivity contribution in [3.63, 3.8) is 0 Å². The van der Waals surface area contributed by atoms with Crippen LogP contribution in [-0.4, -0.2) is 19.5 Å². The Hall–Kier alpha value is -7.41. The quantitative estimate of drug-likeness (QED) is 0.176. The predicted molar refractivity (Wildman–Crippen MR) is 236 cm³/mol. The van der Waals surface area contributed by atoms with Gasteiger partial charge in [0.2, 0.25) is 0 Å². The van der Waals surface area contributed by atoms with Gasteiger partial charge >= 0.3 is 0 Å². The monoisotopic (exact) mass is 746 g/mol. The maximum atomic E-state index is 6.73. The van der Waals surface area contributed by atoms with Crippen LogP contribution < -0.4 is 0 Å². The standard InChI is InChI=1S/C51H30N4OS/c1-3-13-31(14-4-1)33-17-11-18-35(27-33)55-42-22-9-7-19-36(42)40-29-41-45(30-43(40)55)56-44-23-12-21-39(48(41)44)51-53-49(32-15-5-2-6-16-32)52-50(54-51)34-25-26-38-37-20-8-10-24-46(37)57-47(38)28-34/h1-30H. The lowest BCUT2D eigenvalue weighted by molar-refractivity contribution is 0.669. The molecule has 0 N–H and O–H groups in total. The Balaban J connectivity index is 1.07. The minimum atomic E-state index is 0.601. The fourth-order valence-electron chi connectivity index (χ4n) is 8.41. The number of aromatic nitrogens is 4. The van der Waals surface area contributed by atoms with Gasteiger partial charge in [0, 0.05) is 70.2 Å². The topological polar surface area (TPSA) is 56.7 Å². The summed E-state index contributed by atoms with van der Waals surface area (Å²) in [5.41, 5.74) is 10.0. The summed E-state index contributed by atoms with van der Waals surface area (Å²) >= 11 is 1.79. The van der Waals surface area contributed by atoms with Gasteiger partial charge in [0.1, 0.15) is 11.2 Å². The van der Waals surface area contributed by atoms with Crippen LogP contribution in [0, 0.1) is 0 Å². The van der Waals surface area contributed by atoms with E-state index >= 15 is 0 Å². The number of para-hydroxylation sites is 1. The fourth-order valence-corrected chi connectivity index (χ4v) is 9.56. The lowest BCUT2D eigenvalue weighted by Crippen LogP contribution is -2.00. The number of rotatable bonds is 5. The number of thiophene rings is 1. The molecule has 0 spiro atoms. The zero-order chi connectivity index (χ0) is 37.5. The van der Waals surface area contributed by atoms with Gasteiger partial charge < -0.3 is 8.98 Å². The highest BCUT2D eigenvalue weighted by molar-refractivity contribution is 7.25. The van der Waals surface area contributed by atoms with Gasteiger partial charge in [-0.2, -0.15) is 0 Å². The first-order valence-corrected chi connectivity index (χ1v) is 19.8. The molecule has 4 aromatic heterocycles. The van der Waals surface area contributed by atoms with E-state index in [4.69, 9.17) is 19.4 Å². The Morgan fingerprint density at radius 1 is 0.386 bits per heavy atom. The van der Waals surface area contributed by atoms with Crippen molar-refractivity contribution in [2.75, 3.05) is 0 Å². The molecule has 12 aromatic rings. The molecule has 0 aliphatic rings. The highest BCUT2D eigenvalue weighted by Gasteiger charge is 2.21. The molecule has 0 bridgehead atoms. The lowest BCUT2D eigenvalue weighted by Gasteiger charge is -2.10. The highest BCUT2D eigenvalue weighted by atomic mass is 32.1. The number of fused-ring (bicyclic) bond motifs is 9. The van der Waals surface area contributed by atoms with Crippen LogP contribution in [0.1, 0.15) is 0 Å². The summed E-state index contributed by atoms with van der Waals surface area (Å²) in [7, 11) is 0. The van der Waals surface area contributed by atoms with E-state index in [1.54, 1.807) is 11.3 Å². The predicted octanol–water partition coefficient (Wildman–Crippen LogP) is 13.9. The van der Waals surface area contributed by atoms with Crippen molar-refractivity contribution in [2.24, 2.45) is 0 Å². The van der Waals surface area contributed by atoms with Gasteiger partial charge in [-0.1, -0.05) is 133 Å². The molecule has 5 nitrogen and oxygen atoms in total. The second-order valence-corrected chi connectivity index (χ2v) is 15.5. The molecule has 4 heterocycles. The number of benzene rings is 8. The molecule has 0 saturated heterocycles. The Bertz CT molecular complexity index is 3530. The van der Waals surface area contributed by atoms with E-state index in [1.807, 2.05) is 42.5 Å². The second-order valence-electron chi connectivity index (χ2n) is 14.4. The Labute approximate surface area is 330 Å². The maximum Gasteiger partial charge on any atom is 0.164 e. The maximum absolute atomic E-state index is 6.73. The molecule has 57 heavy (non-hydrogen) atoms. The van der Waals surface area contributed by atoms with Crippen molar-refractivity contribution in [3.05, 3.63) is 182 Å². The summed E-state index contributed by atoms with van der Waals surface area (Å²) in [4.78, 5) is 15.5. The van der Waals surface area contributed by atoms with Crippen LogP contribution in [0.5, 0.6) is 0 Å².